The SMILES string of the molecule is S=C(NCc1ccccc1)N/N=C/c1c(Cl)cccc1Cl. The van der Waals surface area contributed by atoms with Crippen molar-refractivity contribution in [2.45, 2.75) is 6.54 Å². The highest BCUT2D eigenvalue weighted by molar-refractivity contribution is 7.80. The minimum absolute atomic E-state index is 0.429. The van der Waals surface area contributed by atoms with Crippen molar-refractivity contribution >= 4 is 46.7 Å². The third-order valence-corrected chi connectivity index (χ3v) is 3.55. The van der Waals surface area contributed by atoms with E-state index in [1.165, 1.54) is 0 Å². The Balaban J connectivity index is 1.85. The van der Waals surface area contributed by atoms with Gasteiger partial charge in [0.1, 0.15) is 0 Å². The number of hydrazone groups is 1. The van der Waals surface area contributed by atoms with E-state index in [9.17, 15) is 0 Å². The fourth-order valence-corrected chi connectivity index (χ4v) is 2.23. The minimum atomic E-state index is 0.429. The van der Waals surface area contributed by atoms with Crippen LogP contribution in [-0.2, 0) is 6.54 Å². The number of hydrogen-bond acceptors (Lipinski definition) is 2. The van der Waals surface area contributed by atoms with Crippen molar-refractivity contribution in [3.8, 4) is 0 Å². The maximum absolute atomic E-state index is 6.03. The lowest BCUT2D eigenvalue weighted by molar-refractivity contribution is 0.869. The zero-order chi connectivity index (χ0) is 15.1. The van der Waals surface area contributed by atoms with E-state index in [4.69, 9.17) is 35.4 Å². The van der Waals surface area contributed by atoms with E-state index >= 15 is 0 Å². The summed E-state index contributed by atoms with van der Waals surface area (Å²) in [5, 5.41) is 8.59. The van der Waals surface area contributed by atoms with Crippen molar-refractivity contribution in [3.63, 3.8) is 0 Å². The van der Waals surface area contributed by atoms with Crippen LogP contribution in [0.15, 0.2) is 53.6 Å². The largest absolute Gasteiger partial charge is 0.357 e. The molecule has 6 heteroatoms. The maximum atomic E-state index is 6.03. The summed E-state index contributed by atoms with van der Waals surface area (Å²) in [5.74, 6) is 0. The van der Waals surface area contributed by atoms with Gasteiger partial charge in [0.2, 0.25) is 0 Å². The summed E-state index contributed by atoms with van der Waals surface area (Å²) in [6.07, 6.45) is 1.54. The summed E-state index contributed by atoms with van der Waals surface area (Å²) < 4.78 is 0. The molecule has 0 radical (unpaired) electrons. The second kappa shape index (κ2) is 7.98. The molecule has 21 heavy (non-hydrogen) atoms. The fourth-order valence-electron chi connectivity index (χ4n) is 1.61. The van der Waals surface area contributed by atoms with Gasteiger partial charge >= 0.3 is 0 Å². The molecule has 2 rings (SSSR count). The molecule has 0 unspecified atom stereocenters. The molecular formula is C15H13Cl2N3S. The number of nitrogens with zero attached hydrogens (tertiary/aromatic N) is 1. The number of hydrogen-bond donors (Lipinski definition) is 2. The highest BCUT2D eigenvalue weighted by Crippen LogP contribution is 2.21. The van der Waals surface area contributed by atoms with Gasteiger partial charge in [-0.25, -0.2) is 0 Å². The molecule has 0 aliphatic rings. The van der Waals surface area contributed by atoms with E-state index in [0.29, 0.717) is 27.3 Å². The summed E-state index contributed by atoms with van der Waals surface area (Å²) >= 11 is 17.2. The number of halogens is 2. The molecule has 2 aromatic rings. The molecular weight excluding hydrogens is 325 g/mol. The zero-order valence-corrected chi connectivity index (χ0v) is 13.3. The van der Waals surface area contributed by atoms with Crippen molar-refractivity contribution < 1.29 is 0 Å². The van der Waals surface area contributed by atoms with Gasteiger partial charge in [0.25, 0.3) is 0 Å². The quantitative estimate of drug-likeness (QED) is 0.503. The molecule has 0 amide bonds. The first-order valence-corrected chi connectivity index (χ1v) is 7.38. The molecule has 0 spiro atoms. The molecule has 0 bridgehead atoms. The second-order valence-corrected chi connectivity index (χ2v) is 5.40. The predicted octanol–water partition coefficient (Wildman–Crippen LogP) is 3.99. The molecule has 0 aromatic heterocycles. The van der Waals surface area contributed by atoms with E-state index in [1.807, 2.05) is 30.3 Å². The summed E-state index contributed by atoms with van der Waals surface area (Å²) in [7, 11) is 0. The van der Waals surface area contributed by atoms with Gasteiger partial charge < -0.3 is 5.32 Å². The Morgan fingerprint density at radius 1 is 1.05 bits per heavy atom. The lowest BCUT2D eigenvalue weighted by atomic mass is 10.2. The highest BCUT2D eigenvalue weighted by Gasteiger charge is 2.02. The van der Waals surface area contributed by atoms with Crippen LogP contribution in [0.3, 0.4) is 0 Å². The molecule has 3 nitrogen and oxygen atoms in total. The normalized spacial score (nSPS) is 10.6. The first-order chi connectivity index (χ1) is 10.2. The van der Waals surface area contributed by atoms with Crippen molar-refractivity contribution in [1.82, 2.24) is 10.7 Å². The van der Waals surface area contributed by atoms with Crippen LogP contribution in [0.5, 0.6) is 0 Å². The topological polar surface area (TPSA) is 36.4 Å². The van der Waals surface area contributed by atoms with Crippen LogP contribution < -0.4 is 10.7 Å². The summed E-state index contributed by atoms with van der Waals surface area (Å²) in [6, 6.07) is 15.2. The van der Waals surface area contributed by atoms with Gasteiger partial charge in [-0.2, -0.15) is 5.10 Å². The van der Waals surface area contributed by atoms with Crippen LogP contribution in [0.25, 0.3) is 0 Å². The number of rotatable bonds is 4. The minimum Gasteiger partial charge on any atom is -0.357 e. The summed E-state index contributed by atoms with van der Waals surface area (Å²) in [6.45, 7) is 0.634. The van der Waals surface area contributed by atoms with Crippen LogP contribution >= 0.6 is 35.4 Å². The Morgan fingerprint density at radius 2 is 1.71 bits per heavy atom. The molecule has 0 saturated carbocycles. The molecule has 0 atom stereocenters. The van der Waals surface area contributed by atoms with Crippen LogP contribution in [0, 0.1) is 0 Å². The predicted molar refractivity (Wildman–Crippen MR) is 93.1 cm³/mol. The lowest BCUT2D eigenvalue weighted by Gasteiger charge is -2.07. The van der Waals surface area contributed by atoms with Crippen LogP contribution in [-0.4, -0.2) is 11.3 Å². The Hall–Kier alpha value is -1.62. The zero-order valence-electron chi connectivity index (χ0n) is 11.0. The van der Waals surface area contributed by atoms with Gasteiger partial charge in [-0.15, -0.1) is 0 Å². The molecule has 0 saturated heterocycles. The maximum Gasteiger partial charge on any atom is 0.187 e. The van der Waals surface area contributed by atoms with E-state index in [-0.39, 0.29) is 0 Å². The number of benzene rings is 2. The monoisotopic (exact) mass is 337 g/mol. The lowest BCUT2D eigenvalue weighted by Crippen LogP contribution is -2.31. The van der Waals surface area contributed by atoms with Gasteiger partial charge in [0.15, 0.2) is 5.11 Å². The molecule has 0 fully saturated rings. The first kappa shape index (κ1) is 15.8. The summed E-state index contributed by atoms with van der Waals surface area (Å²) in [5.41, 5.74) is 4.52. The summed E-state index contributed by atoms with van der Waals surface area (Å²) in [4.78, 5) is 0. The van der Waals surface area contributed by atoms with Crippen molar-refractivity contribution in [2.24, 2.45) is 5.10 Å². The smallest absolute Gasteiger partial charge is 0.187 e. The molecule has 2 N–H and O–H groups in total. The standard InChI is InChI=1S/C15H13Cl2N3S/c16-13-7-4-8-14(17)12(13)10-19-20-15(21)18-9-11-5-2-1-3-6-11/h1-8,10H,9H2,(H2,18,20,21)/b19-10+. The van der Waals surface area contributed by atoms with Gasteiger partial charge in [-0.05, 0) is 29.9 Å². The van der Waals surface area contributed by atoms with E-state index < -0.39 is 0 Å². The molecule has 2 aromatic carbocycles. The van der Waals surface area contributed by atoms with Crippen LogP contribution in [0.2, 0.25) is 10.0 Å². The van der Waals surface area contributed by atoms with E-state index in [0.717, 1.165) is 5.56 Å². The van der Waals surface area contributed by atoms with Crippen LogP contribution in [0.1, 0.15) is 11.1 Å². The number of thiocarbonyl (C=S) groups is 1. The fraction of sp³-hybridized carbons (Fsp3) is 0.0667. The Bertz CT molecular complexity index is 624. The Morgan fingerprint density at radius 3 is 2.38 bits per heavy atom. The van der Waals surface area contributed by atoms with Gasteiger partial charge in [0.05, 0.1) is 16.3 Å². The van der Waals surface area contributed by atoms with Crippen molar-refractivity contribution in [2.75, 3.05) is 0 Å². The van der Waals surface area contributed by atoms with Gasteiger partial charge in [-0.1, -0.05) is 59.6 Å². The third-order valence-electron chi connectivity index (χ3n) is 2.66. The average molecular weight is 338 g/mol. The van der Waals surface area contributed by atoms with Gasteiger partial charge in [0, 0.05) is 12.1 Å². The third kappa shape index (κ3) is 5.01. The van der Waals surface area contributed by atoms with Crippen molar-refractivity contribution in [3.05, 3.63) is 69.7 Å². The Labute approximate surface area is 139 Å². The second-order valence-electron chi connectivity index (χ2n) is 4.17. The number of nitrogens with one attached hydrogen (secondary N) is 2. The van der Waals surface area contributed by atoms with E-state index in [1.54, 1.807) is 24.4 Å². The highest BCUT2D eigenvalue weighted by atomic mass is 35.5. The molecule has 0 aliphatic heterocycles. The first-order valence-electron chi connectivity index (χ1n) is 6.21. The van der Waals surface area contributed by atoms with Crippen LogP contribution in [0.4, 0.5) is 0 Å². The molecule has 108 valence electrons. The van der Waals surface area contributed by atoms with E-state index in [2.05, 4.69) is 15.8 Å². The molecule has 0 heterocycles. The molecule has 0 aliphatic carbocycles. The Kier molecular flexibility index (Phi) is 5.99. The average Bonchev–Trinajstić information content (AvgIpc) is 2.49. The van der Waals surface area contributed by atoms with Crippen molar-refractivity contribution in [1.29, 1.82) is 0 Å². The van der Waals surface area contributed by atoms with Gasteiger partial charge in [-0.3, -0.25) is 5.43 Å².